The van der Waals surface area contributed by atoms with E-state index in [-0.39, 0.29) is 12.5 Å². The van der Waals surface area contributed by atoms with Crippen molar-refractivity contribution in [3.8, 4) is 11.5 Å². The fourth-order valence-corrected chi connectivity index (χ4v) is 3.81. The molecule has 0 saturated heterocycles. The van der Waals surface area contributed by atoms with E-state index in [1.807, 2.05) is 19.1 Å². The van der Waals surface area contributed by atoms with Gasteiger partial charge in [-0.25, -0.2) is 14.2 Å². The van der Waals surface area contributed by atoms with E-state index in [4.69, 9.17) is 16.3 Å². The summed E-state index contributed by atoms with van der Waals surface area (Å²) in [4.78, 5) is 46.3. The lowest BCUT2D eigenvalue weighted by atomic mass is 10.0. The number of rotatable bonds is 9. The van der Waals surface area contributed by atoms with Gasteiger partial charge in [-0.1, -0.05) is 23.7 Å². The first-order valence-corrected chi connectivity index (χ1v) is 12.2. The van der Waals surface area contributed by atoms with Crippen LogP contribution in [0.25, 0.3) is 0 Å². The van der Waals surface area contributed by atoms with Crippen LogP contribution in [0.3, 0.4) is 0 Å². The molecule has 2 N–H and O–H groups in total. The Hall–Kier alpha value is -4.44. The quantitative estimate of drug-likeness (QED) is 0.317. The van der Waals surface area contributed by atoms with Gasteiger partial charge in [0.05, 0.1) is 24.7 Å². The number of ether oxygens (including phenoxy) is 1. The van der Waals surface area contributed by atoms with E-state index in [0.717, 1.165) is 15.8 Å². The average molecular weight is 536 g/mol. The van der Waals surface area contributed by atoms with E-state index in [9.17, 15) is 19.5 Å². The zero-order valence-electron chi connectivity index (χ0n) is 21.0. The van der Waals surface area contributed by atoms with E-state index in [1.54, 1.807) is 54.7 Å². The standard InChI is InChI=1S/C27H26ClN5O5/c1-16-4-11-23(14-29-16)38-22-12-9-21(10-13-22)30-25-31-26(36)33(18(3)17(2)24(34)35)27(37)32(25)15-19-5-7-20(28)8-6-19/h4-14,17-18H,15H2,1-3H3,(H,34,35)(H,30,31,36)/t17-,18+/m1/s1. The van der Waals surface area contributed by atoms with Crippen LogP contribution in [0, 0.1) is 12.8 Å². The molecular weight excluding hydrogens is 510 g/mol. The van der Waals surface area contributed by atoms with Gasteiger partial charge in [-0.3, -0.25) is 14.3 Å². The third-order valence-electron chi connectivity index (χ3n) is 6.11. The van der Waals surface area contributed by atoms with Crippen molar-refractivity contribution in [1.82, 2.24) is 19.1 Å². The predicted molar refractivity (Wildman–Crippen MR) is 144 cm³/mol. The maximum absolute atomic E-state index is 13.5. The second kappa shape index (κ2) is 11.3. The Morgan fingerprint density at radius 1 is 1.03 bits per heavy atom. The predicted octanol–water partition coefficient (Wildman–Crippen LogP) is 4.63. The minimum atomic E-state index is -1.13. The molecule has 2 aromatic carbocycles. The Bertz CT molecular complexity index is 1550. The summed E-state index contributed by atoms with van der Waals surface area (Å²) in [5, 5.41) is 13.0. The summed E-state index contributed by atoms with van der Waals surface area (Å²) in [6.45, 7) is 4.90. The van der Waals surface area contributed by atoms with Gasteiger partial charge in [0, 0.05) is 16.4 Å². The third kappa shape index (κ3) is 6.09. The molecule has 196 valence electrons. The molecule has 0 aliphatic rings. The summed E-state index contributed by atoms with van der Waals surface area (Å²) in [6, 6.07) is 16.5. The summed E-state index contributed by atoms with van der Waals surface area (Å²) in [6.07, 6.45) is 1.63. The largest absolute Gasteiger partial charge is 0.481 e. The van der Waals surface area contributed by atoms with Gasteiger partial charge >= 0.3 is 17.3 Å². The van der Waals surface area contributed by atoms with Crippen LogP contribution in [0.2, 0.25) is 5.02 Å². The number of pyridine rings is 1. The number of aromatic nitrogens is 4. The lowest BCUT2D eigenvalue weighted by molar-refractivity contribution is -0.142. The molecule has 2 heterocycles. The molecule has 0 aliphatic carbocycles. The smallest absolute Gasteiger partial charge is 0.355 e. The maximum atomic E-state index is 13.5. The average Bonchev–Trinajstić information content (AvgIpc) is 2.89. The normalized spacial score (nSPS) is 12.5. The zero-order chi connectivity index (χ0) is 27.4. The molecule has 10 nitrogen and oxygen atoms in total. The van der Waals surface area contributed by atoms with Crippen molar-refractivity contribution < 1.29 is 14.6 Å². The fourth-order valence-electron chi connectivity index (χ4n) is 3.68. The topological polar surface area (TPSA) is 128 Å². The molecule has 0 saturated carbocycles. The van der Waals surface area contributed by atoms with Crippen molar-refractivity contribution in [2.24, 2.45) is 5.92 Å². The first-order valence-electron chi connectivity index (χ1n) is 11.8. The number of hydrogen-bond donors (Lipinski definition) is 2. The SMILES string of the molecule is Cc1ccc(Oc2ccc(Nc3nc(=O)n([C@@H](C)[C@@H](C)C(=O)O)c(=O)n3Cc3ccc(Cl)cc3)cc2)cn1. The molecule has 0 unspecified atom stereocenters. The van der Waals surface area contributed by atoms with Crippen LogP contribution >= 0.6 is 11.6 Å². The number of carboxylic acids is 1. The first kappa shape index (κ1) is 26.6. The van der Waals surface area contributed by atoms with Gasteiger partial charge < -0.3 is 15.2 Å². The van der Waals surface area contributed by atoms with Crippen LogP contribution in [-0.2, 0) is 11.3 Å². The molecule has 2 aromatic heterocycles. The Morgan fingerprint density at radius 3 is 2.29 bits per heavy atom. The Morgan fingerprint density at radius 2 is 1.68 bits per heavy atom. The number of hydrogen-bond acceptors (Lipinski definition) is 7. The maximum Gasteiger partial charge on any atom is 0.355 e. The number of nitrogens with one attached hydrogen (secondary N) is 1. The molecule has 11 heteroatoms. The Labute approximate surface area is 223 Å². The lowest BCUT2D eigenvalue weighted by Crippen LogP contribution is -2.46. The molecule has 0 radical (unpaired) electrons. The molecule has 0 fully saturated rings. The highest BCUT2D eigenvalue weighted by atomic mass is 35.5. The van der Waals surface area contributed by atoms with E-state index in [1.165, 1.54) is 18.4 Å². The molecule has 0 aliphatic heterocycles. The van der Waals surface area contributed by atoms with Gasteiger partial charge in [-0.15, -0.1) is 0 Å². The fraction of sp³-hybridized carbons (Fsp3) is 0.222. The van der Waals surface area contributed by atoms with Crippen molar-refractivity contribution in [2.75, 3.05) is 5.32 Å². The van der Waals surface area contributed by atoms with E-state index in [2.05, 4.69) is 15.3 Å². The van der Waals surface area contributed by atoms with Crippen molar-refractivity contribution in [3.63, 3.8) is 0 Å². The van der Waals surface area contributed by atoms with Gasteiger partial charge in [0.1, 0.15) is 11.5 Å². The van der Waals surface area contributed by atoms with Crippen LogP contribution in [0.4, 0.5) is 11.6 Å². The van der Waals surface area contributed by atoms with Crippen LogP contribution in [0.5, 0.6) is 11.5 Å². The summed E-state index contributed by atoms with van der Waals surface area (Å²) >= 11 is 6.00. The highest BCUT2D eigenvalue weighted by Crippen LogP contribution is 2.24. The van der Waals surface area contributed by atoms with E-state index in [0.29, 0.717) is 22.2 Å². The van der Waals surface area contributed by atoms with Crippen molar-refractivity contribution in [2.45, 2.75) is 33.4 Å². The molecular formula is C27H26ClN5O5. The number of aliphatic carboxylic acids is 1. The van der Waals surface area contributed by atoms with Gasteiger partial charge in [0.25, 0.3) is 0 Å². The number of carboxylic acid groups (broad SMARTS) is 1. The summed E-state index contributed by atoms with van der Waals surface area (Å²) in [7, 11) is 0. The minimum absolute atomic E-state index is 0.0118. The number of aryl methyl sites for hydroxylation is 1. The minimum Gasteiger partial charge on any atom is -0.481 e. The molecule has 0 bridgehead atoms. The second-order valence-electron chi connectivity index (χ2n) is 8.84. The van der Waals surface area contributed by atoms with Gasteiger partial charge in [0.2, 0.25) is 5.95 Å². The zero-order valence-corrected chi connectivity index (χ0v) is 21.7. The summed E-state index contributed by atoms with van der Waals surface area (Å²) in [5.41, 5.74) is 0.635. The number of halogens is 1. The number of carbonyl (C=O) groups is 1. The first-order chi connectivity index (χ1) is 18.1. The van der Waals surface area contributed by atoms with Crippen LogP contribution < -0.4 is 21.4 Å². The van der Waals surface area contributed by atoms with Gasteiger partial charge in [-0.2, -0.15) is 4.98 Å². The highest BCUT2D eigenvalue weighted by Gasteiger charge is 2.26. The van der Waals surface area contributed by atoms with Crippen LogP contribution in [0.1, 0.15) is 31.1 Å². The second-order valence-corrected chi connectivity index (χ2v) is 9.27. The van der Waals surface area contributed by atoms with Gasteiger partial charge in [0.15, 0.2) is 0 Å². The van der Waals surface area contributed by atoms with Crippen LogP contribution in [0.15, 0.2) is 76.4 Å². The molecule has 38 heavy (non-hydrogen) atoms. The summed E-state index contributed by atoms with van der Waals surface area (Å²) < 4.78 is 7.96. The van der Waals surface area contributed by atoms with E-state index < -0.39 is 29.3 Å². The number of anilines is 2. The number of benzene rings is 2. The molecule has 2 atom stereocenters. The lowest BCUT2D eigenvalue weighted by Gasteiger charge is -2.21. The van der Waals surface area contributed by atoms with Crippen molar-refractivity contribution in [1.29, 1.82) is 0 Å². The van der Waals surface area contributed by atoms with E-state index >= 15 is 0 Å². The summed E-state index contributed by atoms with van der Waals surface area (Å²) in [5.74, 6) is -0.944. The third-order valence-corrected chi connectivity index (χ3v) is 6.36. The molecule has 4 rings (SSSR count). The van der Waals surface area contributed by atoms with Crippen molar-refractivity contribution >= 4 is 29.2 Å². The highest BCUT2D eigenvalue weighted by molar-refractivity contribution is 6.30. The van der Waals surface area contributed by atoms with Crippen molar-refractivity contribution in [3.05, 3.63) is 104 Å². The van der Waals surface area contributed by atoms with Crippen LogP contribution in [-0.4, -0.2) is 30.2 Å². The molecule has 0 spiro atoms. The Balaban J connectivity index is 1.68. The van der Waals surface area contributed by atoms with Gasteiger partial charge in [-0.05, 0) is 74.9 Å². The molecule has 4 aromatic rings. The Kier molecular flexibility index (Phi) is 7.92. The monoisotopic (exact) mass is 535 g/mol. The number of nitrogens with zero attached hydrogens (tertiary/aromatic N) is 4. The molecule has 0 amide bonds.